The van der Waals surface area contributed by atoms with Crippen molar-refractivity contribution in [1.29, 1.82) is 0 Å². The van der Waals surface area contributed by atoms with Crippen LogP contribution < -0.4 is 16.6 Å². The first-order valence-electron chi connectivity index (χ1n) is 6.13. The Morgan fingerprint density at radius 2 is 2.32 bits per heavy atom. The van der Waals surface area contributed by atoms with E-state index in [9.17, 15) is 9.59 Å². The second-order valence-corrected chi connectivity index (χ2v) is 4.44. The lowest BCUT2D eigenvalue weighted by Gasteiger charge is -2.33. The first-order chi connectivity index (χ1) is 9.13. The zero-order valence-corrected chi connectivity index (χ0v) is 10.7. The number of hydrogen-bond donors (Lipinski definition) is 3. The van der Waals surface area contributed by atoms with Gasteiger partial charge in [0, 0.05) is 12.7 Å². The number of hydrogen-bond acceptors (Lipinski definition) is 6. The molecule has 1 aromatic heterocycles. The highest BCUT2D eigenvalue weighted by atomic mass is 16.2. The Bertz CT molecular complexity index is 474. The molecule has 2 heterocycles. The monoisotopic (exact) mass is 263 g/mol. The smallest absolute Gasteiger partial charge is 0.243 e. The van der Waals surface area contributed by atoms with Crippen molar-refractivity contribution >= 4 is 17.6 Å². The Morgan fingerprint density at radius 3 is 2.89 bits per heavy atom. The number of amides is 2. The highest BCUT2D eigenvalue weighted by Crippen LogP contribution is 2.14. The van der Waals surface area contributed by atoms with E-state index < -0.39 is 0 Å². The average Bonchev–Trinajstić information content (AvgIpc) is 2.39. The molecule has 1 aliphatic rings. The van der Waals surface area contributed by atoms with Crippen LogP contribution >= 0.6 is 0 Å². The van der Waals surface area contributed by atoms with E-state index in [4.69, 9.17) is 5.84 Å². The van der Waals surface area contributed by atoms with Gasteiger partial charge in [0.1, 0.15) is 5.82 Å². The molecule has 2 amide bonds. The molecule has 1 aliphatic heterocycles. The maximum Gasteiger partial charge on any atom is 0.243 e. The van der Waals surface area contributed by atoms with Crippen LogP contribution in [0.3, 0.4) is 0 Å². The van der Waals surface area contributed by atoms with Crippen LogP contribution in [0.1, 0.15) is 18.9 Å². The number of piperazine rings is 1. The molecule has 4 N–H and O–H groups in total. The molecule has 0 aromatic carbocycles. The molecular formula is C12H17N5O2. The minimum absolute atomic E-state index is 0.223. The predicted molar refractivity (Wildman–Crippen MR) is 69.7 cm³/mol. The highest BCUT2D eigenvalue weighted by Gasteiger charge is 2.32. The molecule has 1 fully saturated rings. The van der Waals surface area contributed by atoms with E-state index in [1.54, 1.807) is 12.3 Å². The van der Waals surface area contributed by atoms with Gasteiger partial charge >= 0.3 is 0 Å². The summed E-state index contributed by atoms with van der Waals surface area (Å²) in [5.41, 5.74) is 3.38. The molecular weight excluding hydrogens is 246 g/mol. The van der Waals surface area contributed by atoms with Gasteiger partial charge in [-0.05, 0) is 18.1 Å². The fraction of sp³-hybridized carbons (Fsp3) is 0.417. The summed E-state index contributed by atoms with van der Waals surface area (Å²) in [5, 5.41) is 2.35. The zero-order chi connectivity index (χ0) is 13.8. The van der Waals surface area contributed by atoms with E-state index in [0.717, 1.165) is 5.56 Å². The van der Waals surface area contributed by atoms with E-state index in [2.05, 4.69) is 15.7 Å². The molecule has 1 unspecified atom stereocenters. The number of aromatic nitrogens is 1. The maximum absolute atomic E-state index is 11.7. The Hall–Kier alpha value is -1.99. The number of nitrogens with zero attached hydrogens (tertiary/aromatic N) is 2. The molecule has 0 spiro atoms. The van der Waals surface area contributed by atoms with Gasteiger partial charge in [-0.1, -0.05) is 13.0 Å². The fourth-order valence-corrected chi connectivity index (χ4v) is 2.17. The largest absolute Gasteiger partial charge is 0.308 e. The number of anilines is 1. The van der Waals surface area contributed by atoms with Crippen molar-refractivity contribution in [2.24, 2.45) is 5.84 Å². The Labute approximate surface area is 111 Å². The number of pyridine rings is 1. The van der Waals surface area contributed by atoms with Crippen LogP contribution in [0.25, 0.3) is 0 Å². The van der Waals surface area contributed by atoms with Crippen LogP contribution in [0.4, 0.5) is 5.82 Å². The van der Waals surface area contributed by atoms with Gasteiger partial charge in [0.25, 0.3) is 0 Å². The van der Waals surface area contributed by atoms with Crippen molar-refractivity contribution in [1.82, 2.24) is 15.2 Å². The number of carbonyl (C=O) groups is 2. The van der Waals surface area contributed by atoms with Gasteiger partial charge in [-0.3, -0.25) is 19.8 Å². The van der Waals surface area contributed by atoms with Gasteiger partial charge in [0.05, 0.1) is 12.6 Å². The third-order valence-electron chi connectivity index (χ3n) is 3.10. The van der Waals surface area contributed by atoms with Gasteiger partial charge in [0.15, 0.2) is 0 Å². The molecule has 1 saturated heterocycles. The predicted octanol–water partition coefficient (Wildman–Crippen LogP) is -0.396. The molecule has 0 saturated carbocycles. The molecule has 1 atom stereocenters. The summed E-state index contributed by atoms with van der Waals surface area (Å²) in [5.74, 6) is 5.33. The van der Waals surface area contributed by atoms with E-state index in [-0.39, 0.29) is 24.4 Å². The van der Waals surface area contributed by atoms with E-state index in [1.807, 2.05) is 17.9 Å². The molecule has 0 bridgehead atoms. The van der Waals surface area contributed by atoms with Gasteiger partial charge in [-0.15, -0.1) is 0 Å². The number of nitrogen functional groups attached to an aromatic ring is 1. The van der Waals surface area contributed by atoms with Crippen LogP contribution in [-0.4, -0.2) is 34.3 Å². The number of nitrogens with two attached hydrogens (primary N) is 1. The molecule has 102 valence electrons. The number of nitrogens with one attached hydrogen (secondary N) is 2. The summed E-state index contributed by atoms with van der Waals surface area (Å²) in [6, 6.07) is 3.35. The lowest BCUT2D eigenvalue weighted by atomic mass is 10.1. The van der Waals surface area contributed by atoms with E-state index >= 15 is 0 Å². The minimum atomic E-state index is -0.273. The topological polar surface area (TPSA) is 100 Å². The van der Waals surface area contributed by atoms with Crippen molar-refractivity contribution in [2.75, 3.05) is 12.0 Å². The van der Waals surface area contributed by atoms with Crippen molar-refractivity contribution in [3.05, 3.63) is 23.9 Å². The van der Waals surface area contributed by atoms with E-state index in [0.29, 0.717) is 18.8 Å². The van der Waals surface area contributed by atoms with Gasteiger partial charge in [-0.2, -0.15) is 0 Å². The Morgan fingerprint density at radius 1 is 1.53 bits per heavy atom. The van der Waals surface area contributed by atoms with Crippen LogP contribution in [0.5, 0.6) is 0 Å². The third-order valence-corrected chi connectivity index (χ3v) is 3.10. The minimum Gasteiger partial charge on any atom is -0.308 e. The quantitative estimate of drug-likeness (QED) is 0.388. The number of hydrazine groups is 1. The standard InChI is InChI=1S/C12H17N5O2/c1-2-9-12(19)15-11(18)7-17(9)6-8-3-4-10(16-13)14-5-8/h3-5,9H,2,6-7,13H2,1H3,(H,14,16)(H,15,18,19). The van der Waals surface area contributed by atoms with Crippen molar-refractivity contribution in [2.45, 2.75) is 25.9 Å². The number of imide groups is 1. The van der Waals surface area contributed by atoms with Crippen LogP contribution in [0, 0.1) is 0 Å². The molecule has 0 radical (unpaired) electrons. The van der Waals surface area contributed by atoms with Crippen LogP contribution in [-0.2, 0) is 16.1 Å². The lowest BCUT2D eigenvalue weighted by Crippen LogP contribution is -2.57. The molecule has 7 nitrogen and oxygen atoms in total. The third kappa shape index (κ3) is 3.07. The molecule has 19 heavy (non-hydrogen) atoms. The fourth-order valence-electron chi connectivity index (χ4n) is 2.17. The summed E-state index contributed by atoms with van der Waals surface area (Å²) in [6.07, 6.45) is 2.34. The molecule has 2 rings (SSSR count). The summed E-state index contributed by atoms with van der Waals surface area (Å²) < 4.78 is 0. The van der Waals surface area contributed by atoms with Crippen LogP contribution in [0.15, 0.2) is 18.3 Å². The lowest BCUT2D eigenvalue weighted by molar-refractivity contribution is -0.140. The first kappa shape index (κ1) is 13.4. The Kier molecular flexibility index (Phi) is 4.08. The first-order valence-corrected chi connectivity index (χ1v) is 6.13. The normalized spacial score (nSPS) is 20.2. The summed E-state index contributed by atoms with van der Waals surface area (Å²) in [4.78, 5) is 29.1. The SMILES string of the molecule is CCC1C(=O)NC(=O)CN1Cc1ccc(NN)nc1. The highest BCUT2D eigenvalue weighted by molar-refractivity contribution is 6.01. The molecule has 0 aliphatic carbocycles. The van der Waals surface area contributed by atoms with Crippen molar-refractivity contribution in [3.8, 4) is 0 Å². The van der Waals surface area contributed by atoms with Crippen molar-refractivity contribution in [3.63, 3.8) is 0 Å². The van der Waals surface area contributed by atoms with E-state index in [1.165, 1.54) is 0 Å². The maximum atomic E-state index is 11.7. The van der Waals surface area contributed by atoms with Crippen LogP contribution in [0.2, 0.25) is 0 Å². The summed E-state index contributed by atoms with van der Waals surface area (Å²) in [7, 11) is 0. The van der Waals surface area contributed by atoms with Crippen molar-refractivity contribution < 1.29 is 9.59 Å². The molecule has 1 aromatic rings. The summed E-state index contributed by atoms with van der Waals surface area (Å²) in [6.45, 7) is 2.66. The Balaban J connectivity index is 2.10. The second kappa shape index (κ2) is 5.77. The number of carbonyl (C=O) groups excluding carboxylic acids is 2. The summed E-state index contributed by atoms with van der Waals surface area (Å²) >= 11 is 0. The number of rotatable bonds is 4. The molecule has 7 heteroatoms. The van der Waals surface area contributed by atoms with Gasteiger partial charge in [-0.25, -0.2) is 10.8 Å². The van der Waals surface area contributed by atoms with Gasteiger partial charge in [0.2, 0.25) is 11.8 Å². The zero-order valence-electron chi connectivity index (χ0n) is 10.7. The van der Waals surface area contributed by atoms with Gasteiger partial charge < -0.3 is 5.43 Å². The average molecular weight is 263 g/mol. The second-order valence-electron chi connectivity index (χ2n) is 4.44.